The second kappa shape index (κ2) is 7.15. The number of sulfone groups is 2. The minimum absolute atomic E-state index is 0.124. The number of halogens is 7. The molecule has 0 N–H and O–H groups in total. The second-order valence-electron chi connectivity index (χ2n) is 4.72. The third kappa shape index (κ3) is 3.73. The van der Waals surface area contributed by atoms with E-state index in [4.69, 9.17) is 0 Å². The predicted octanol–water partition coefficient (Wildman–Crippen LogP) is 4.65. The number of hydrogen-bond acceptors (Lipinski definition) is 4. The maximum atomic E-state index is 13.8. The molecule has 0 aromatic heterocycles. The summed E-state index contributed by atoms with van der Waals surface area (Å²) in [6.07, 6.45) is 0. The zero-order valence-corrected chi connectivity index (χ0v) is 18.4. The molecule has 26 heavy (non-hydrogen) atoms. The summed E-state index contributed by atoms with van der Waals surface area (Å²) in [5, 5.41) is 0. The van der Waals surface area contributed by atoms with Crippen molar-refractivity contribution in [1.82, 2.24) is 0 Å². The molecule has 0 saturated heterocycles. The minimum Gasteiger partial charge on any atom is -0.220 e. The largest absolute Gasteiger partial charge is 0.239 e. The van der Waals surface area contributed by atoms with Crippen molar-refractivity contribution in [2.24, 2.45) is 0 Å². The van der Waals surface area contributed by atoms with E-state index in [1.54, 1.807) is 0 Å². The first-order valence-corrected chi connectivity index (χ1v) is 11.6. The van der Waals surface area contributed by atoms with Gasteiger partial charge in [-0.2, -0.15) is 0 Å². The number of alkyl halides is 3. The standard InChI is InChI=1S/C13H5Br3F4O4S2/c14-13(15,16)26(23,24)7-3-1-6(2-4-7)25(21,22)12-10(19)8(17)5-9(18)11(12)20/h1-5H. The van der Waals surface area contributed by atoms with Gasteiger partial charge in [0.1, 0.15) is 4.90 Å². The quantitative estimate of drug-likeness (QED) is 0.291. The topological polar surface area (TPSA) is 68.3 Å². The summed E-state index contributed by atoms with van der Waals surface area (Å²) in [6, 6.07) is 3.06. The Balaban J connectivity index is 2.64. The molecular formula is C13H5Br3F4O4S2. The van der Waals surface area contributed by atoms with E-state index in [0.717, 1.165) is 24.3 Å². The Morgan fingerprint density at radius 1 is 0.731 bits per heavy atom. The van der Waals surface area contributed by atoms with Crippen molar-refractivity contribution >= 4 is 67.5 Å². The van der Waals surface area contributed by atoms with E-state index in [-0.39, 0.29) is 11.0 Å². The first-order chi connectivity index (χ1) is 11.7. The van der Waals surface area contributed by atoms with E-state index >= 15 is 0 Å². The van der Waals surface area contributed by atoms with Crippen LogP contribution in [-0.2, 0) is 19.7 Å². The minimum atomic E-state index is -5.00. The van der Waals surface area contributed by atoms with Crippen LogP contribution in [0.3, 0.4) is 0 Å². The van der Waals surface area contributed by atoms with E-state index in [1.807, 2.05) is 0 Å². The molecule has 142 valence electrons. The molecule has 0 unspecified atom stereocenters. The molecule has 0 spiro atoms. The maximum absolute atomic E-state index is 13.8. The summed E-state index contributed by atoms with van der Waals surface area (Å²) in [7, 11) is -9.05. The van der Waals surface area contributed by atoms with E-state index in [9.17, 15) is 34.4 Å². The summed E-state index contributed by atoms with van der Waals surface area (Å²) in [6.45, 7) is 0. The summed E-state index contributed by atoms with van der Waals surface area (Å²) < 4.78 is 101. The van der Waals surface area contributed by atoms with Crippen molar-refractivity contribution in [3.8, 4) is 0 Å². The molecule has 2 aromatic carbocycles. The fourth-order valence-electron chi connectivity index (χ4n) is 1.84. The van der Waals surface area contributed by atoms with Gasteiger partial charge < -0.3 is 0 Å². The predicted molar refractivity (Wildman–Crippen MR) is 94.9 cm³/mol. The van der Waals surface area contributed by atoms with Crippen LogP contribution in [0, 0.1) is 23.3 Å². The highest BCUT2D eigenvalue weighted by Crippen LogP contribution is 2.43. The molecular weight excluding hydrogens is 600 g/mol. The molecule has 4 nitrogen and oxygen atoms in total. The second-order valence-corrected chi connectivity index (χ2v) is 17.0. The first-order valence-electron chi connectivity index (χ1n) is 6.20. The van der Waals surface area contributed by atoms with Crippen molar-refractivity contribution < 1.29 is 34.4 Å². The molecule has 0 amide bonds. The van der Waals surface area contributed by atoms with Crippen molar-refractivity contribution in [3.63, 3.8) is 0 Å². The Bertz CT molecular complexity index is 1050. The van der Waals surface area contributed by atoms with Gasteiger partial charge in [-0.3, -0.25) is 0 Å². The van der Waals surface area contributed by atoms with Gasteiger partial charge in [0, 0.05) is 6.07 Å². The van der Waals surface area contributed by atoms with E-state index in [2.05, 4.69) is 47.8 Å². The summed E-state index contributed by atoms with van der Waals surface area (Å²) in [5.74, 6) is -7.93. The third-order valence-electron chi connectivity index (χ3n) is 3.09. The van der Waals surface area contributed by atoms with Gasteiger partial charge in [-0.25, -0.2) is 34.4 Å². The van der Waals surface area contributed by atoms with Gasteiger partial charge in [-0.05, 0) is 72.1 Å². The third-order valence-corrected chi connectivity index (χ3v) is 10.2. The maximum Gasteiger partial charge on any atom is 0.239 e. The molecule has 13 heteroatoms. The van der Waals surface area contributed by atoms with Crippen LogP contribution in [0.1, 0.15) is 0 Å². The van der Waals surface area contributed by atoms with Crippen LogP contribution >= 0.6 is 47.8 Å². The Morgan fingerprint density at radius 2 is 1.12 bits per heavy atom. The summed E-state index contributed by atoms with van der Waals surface area (Å²) in [4.78, 5) is -2.92. The Morgan fingerprint density at radius 3 is 1.50 bits per heavy atom. The van der Waals surface area contributed by atoms with Gasteiger partial charge in [-0.1, -0.05) is 0 Å². The molecule has 0 aliphatic heterocycles. The summed E-state index contributed by atoms with van der Waals surface area (Å²) in [5.41, 5.74) is 0. The molecule has 0 bridgehead atoms. The molecule has 2 rings (SSSR count). The monoisotopic (exact) mass is 602 g/mol. The van der Waals surface area contributed by atoms with Crippen molar-refractivity contribution in [2.45, 2.75) is 16.2 Å². The lowest BCUT2D eigenvalue weighted by molar-refractivity contribution is 0.419. The van der Waals surface area contributed by atoms with Crippen LogP contribution in [0.2, 0.25) is 0 Å². The fourth-order valence-corrected chi connectivity index (χ4v) is 5.68. The Labute approximate surface area is 170 Å². The molecule has 0 saturated carbocycles. The number of hydrogen-bond donors (Lipinski definition) is 0. The fraction of sp³-hybridized carbons (Fsp3) is 0.0769. The van der Waals surface area contributed by atoms with Crippen molar-refractivity contribution in [3.05, 3.63) is 53.6 Å². The van der Waals surface area contributed by atoms with Gasteiger partial charge >= 0.3 is 0 Å². The van der Waals surface area contributed by atoms with Gasteiger partial charge in [0.15, 0.2) is 23.3 Å². The zero-order valence-electron chi connectivity index (χ0n) is 12.0. The highest BCUT2D eigenvalue weighted by Gasteiger charge is 2.38. The van der Waals surface area contributed by atoms with Crippen LogP contribution < -0.4 is 0 Å². The molecule has 0 aliphatic rings. The molecule has 0 fully saturated rings. The van der Waals surface area contributed by atoms with Crippen LogP contribution in [0.25, 0.3) is 0 Å². The lowest BCUT2D eigenvalue weighted by Crippen LogP contribution is -2.18. The van der Waals surface area contributed by atoms with E-state index < -0.39 is 54.2 Å². The summed E-state index contributed by atoms with van der Waals surface area (Å²) >= 11 is 8.43. The SMILES string of the molecule is O=S(=O)(c1ccc(S(=O)(=O)C(Br)(Br)Br)cc1)c1c(F)c(F)cc(F)c1F. The Kier molecular flexibility index (Phi) is 5.99. The number of benzene rings is 2. The van der Waals surface area contributed by atoms with Crippen LogP contribution in [0.5, 0.6) is 0 Å². The van der Waals surface area contributed by atoms with Gasteiger partial charge in [-0.15, -0.1) is 0 Å². The average Bonchev–Trinajstić information content (AvgIpc) is 2.52. The molecule has 0 radical (unpaired) electrons. The molecule has 0 atom stereocenters. The first kappa shape index (κ1) is 21.8. The van der Waals surface area contributed by atoms with Gasteiger partial charge in [0.05, 0.1) is 9.79 Å². The van der Waals surface area contributed by atoms with Crippen LogP contribution in [0.15, 0.2) is 45.0 Å². The highest BCUT2D eigenvalue weighted by molar-refractivity contribution is 9.42. The van der Waals surface area contributed by atoms with E-state index in [1.165, 1.54) is 0 Å². The normalized spacial score (nSPS) is 13.0. The highest BCUT2D eigenvalue weighted by atomic mass is 80.0. The zero-order chi connectivity index (χ0) is 20.1. The average molecular weight is 605 g/mol. The molecule has 0 heterocycles. The lowest BCUT2D eigenvalue weighted by Gasteiger charge is -2.14. The van der Waals surface area contributed by atoms with Crippen molar-refractivity contribution in [1.29, 1.82) is 0 Å². The Hall–Kier alpha value is -0.500. The van der Waals surface area contributed by atoms with Gasteiger partial charge in [0.25, 0.3) is 0 Å². The van der Waals surface area contributed by atoms with Crippen LogP contribution in [-0.4, -0.2) is 18.3 Å². The molecule has 0 aliphatic carbocycles. The van der Waals surface area contributed by atoms with Crippen LogP contribution in [0.4, 0.5) is 17.6 Å². The van der Waals surface area contributed by atoms with E-state index in [0.29, 0.717) is 0 Å². The lowest BCUT2D eigenvalue weighted by atomic mass is 10.3. The smallest absolute Gasteiger partial charge is 0.220 e. The van der Waals surface area contributed by atoms with Gasteiger partial charge in [0.2, 0.25) is 21.1 Å². The van der Waals surface area contributed by atoms with Crippen molar-refractivity contribution in [2.75, 3.05) is 0 Å². The number of rotatable bonds is 3. The molecule has 2 aromatic rings.